The molecule has 0 aliphatic carbocycles. The molecule has 0 saturated carbocycles. The van der Waals surface area contributed by atoms with Crippen molar-refractivity contribution < 1.29 is 50.9 Å². The number of ether oxygens (including phenoxy) is 3. The van der Waals surface area contributed by atoms with Crippen LogP contribution in [0.25, 0.3) is 0 Å². The van der Waals surface area contributed by atoms with Gasteiger partial charge in [0.15, 0.2) is 0 Å². The second-order valence-corrected chi connectivity index (χ2v) is 53.5. The highest BCUT2D eigenvalue weighted by molar-refractivity contribution is 7.45. The maximum absolute atomic E-state index is 12.9. The van der Waals surface area contributed by atoms with Crippen LogP contribution in [0.5, 0.6) is 0 Å². The number of aromatic nitrogens is 6. The fourth-order valence-electron chi connectivity index (χ4n) is 20.0. The number of carbonyl (C=O) groups is 2. The van der Waals surface area contributed by atoms with Gasteiger partial charge in [-0.15, -0.1) is 0 Å². The lowest BCUT2D eigenvalue weighted by atomic mass is 10.1. The van der Waals surface area contributed by atoms with Gasteiger partial charge in [0, 0.05) is 93.0 Å². The summed E-state index contributed by atoms with van der Waals surface area (Å²) >= 11 is 0. The maximum Gasteiger partial charge on any atom is 0.351 e. The molecule has 2 amide bonds. The summed E-state index contributed by atoms with van der Waals surface area (Å²) in [5, 5.41) is 13.9. The number of hydrogen-bond donors (Lipinski definition) is 3. The van der Waals surface area contributed by atoms with Gasteiger partial charge in [0.2, 0.25) is 11.8 Å². The number of benzene rings is 6. The fourth-order valence-corrected chi connectivity index (χ4v) is 37.9. The molecule has 0 bridgehead atoms. The van der Waals surface area contributed by atoms with Gasteiger partial charge >= 0.3 is 17.1 Å². The molecule has 128 heavy (non-hydrogen) atoms. The minimum absolute atomic E-state index is 0.0966. The van der Waals surface area contributed by atoms with E-state index < -0.39 is 85.6 Å². The van der Waals surface area contributed by atoms with Crippen LogP contribution in [0.15, 0.2) is 232 Å². The number of aromatic amines is 1. The number of anilines is 2. The molecule has 0 radical (unpaired) electrons. The van der Waals surface area contributed by atoms with E-state index in [0.29, 0.717) is 43.0 Å². The van der Waals surface area contributed by atoms with Gasteiger partial charge in [-0.3, -0.25) is 33.1 Å². The van der Waals surface area contributed by atoms with Gasteiger partial charge in [0.05, 0.1) is 54.9 Å². The molecule has 18 atom stereocenters. The Labute approximate surface area is 757 Å². The summed E-state index contributed by atoms with van der Waals surface area (Å²) in [5.74, 6) is -0.277. The van der Waals surface area contributed by atoms with Gasteiger partial charge < -0.3 is 52.0 Å². The van der Waals surface area contributed by atoms with Gasteiger partial charge in [0.25, 0.3) is 31.1 Å². The second-order valence-electron chi connectivity index (χ2n) is 36.6. The van der Waals surface area contributed by atoms with Gasteiger partial charge in [-0.2, -0.15) is 9.97 Å². The van der Waals surface area contributed by atoms with Crippen molar-refractivity contribution in [3.63, 3.8) is 0 Å². The third-order valence-electron chi connectivity index (χ3n) is 27.4. The highest BCUT2D eigenvalue weighted by Gasteiger charge is 2.56. The summed E-state index contributed by atoms with van der Waals surface area (Å²) in [5.41, 5.74) is -1.25. The summed E-state index contributed by atoms with van der Waals surface area (Å²) < 4.78 is 71.9. The van der Waals surface area contributed by atoms with Crippen molar-refractivity contribution in [1.82, 2.24) is 42.7 Å². The predicted octanol–water partition coefficient (Wildman–Crippen LogP) is 13.7. The summed E-state index contributed by atoms with van der Waals surface area (Å²) in [6, 6.07) is 73.0. The zero-order valence-corrected chi connectivity index (χ0v) is 81.0. The fraction of sp³-hybridized carbons (Fsp3) is 0.479. The Hall–Kier alpha value is -7.84. The molecule has 6 aromatic carbocycles. The van der Waals surface area contributed by atoms with Crippen LogP contribution in [0.2, 0.25) is 37.8 Å². The van der Waals surface area contributed by atoms with E-state index in [0.717, 1.165) is 95.6 Å². The summed E-state index contributed by atoms with van der Waals surface area (Å²) in [6.45, 7) is 25.4. The zero-order valence-electron chi connectivity index (χ0n) is 75.3. The Morgan fingerprint density at radius 1 is 0.430 bits per heavy atom. The normalized spacial score (nSPS) is 27.6. The van der Waals surface area contributed by atoms with E-state index in [4.69, 9.17) is 41.4 Å². The summed E-state index contributed by atoms with van der Waals surface area (Å²) in [6.07, 6.45) is 13.3. The number of nitrogens with one attached hydrogen (secondary N) is 3. The van der Waals surface area contributed by atoms with Crippen molar-refractivity contribution in [2.75, 3.05) is 30.3 Å². The van der Waals surface area contributed by atoms with E-state index in [9.17, 15) is 28.8 Å². The first-order valence-corrected chi connectivity index (χ1v) is 57.5. The van der Waals surface area contributed by atoms with Crippen LogP contribution >= 0.6 is 25.6 Å². The lowest BCUT2D eigenvalue weighted by molar-refractivity contribution is -0.119. The number of fused-ring (bicyclic) bond motifs is 3. The van der Waals surface area contributed by atoms with Gasteiger partial charge in [0.1, 0.15) is 54.5 Å². The van der Waals surface area contributed by atoms with Gasteiger partial charge in [-0.05, 0) is 95.0 Å². The number of hydrogen-bond acceptors (Lipinski definition) is 20. The van der Waals surface area contributed by atoms with Crippen LogP contribution in [0.1, 0.15) is 150 Å². The molecule has 680 valence electrons. The van der Waals surface area contributed by atoms with E-state index in [1.807, 2.05) is 0 Å². The summed E-state index contributed by atoms with van der Waals surface area (Å²) in [4.78, 5) is 85.0. The van der Waals surface area contributed by atoms with E-state index in [1.165, 1.54) is 44.8 Å². The van der Waals surface area contributed by atoms with Crippen LogP contribution in [-0.4, -0.2) is 171 Å². The molecule has 12 heterocycles. The monoisotopic (exact) mass is 1850 g/mol. The van der Waals surface area contributed by atoms with E-state index >= 15 is 0 Å². The molecular formula is C96H124N11O15P3Si3. The summed E-state index contributed by atoms with van der Waals surface area (Å²) in [7, 11) is -10.0. The molecule has 9 fully saturated rings. The molecule has 18 rings (SSSR count). The molecule has 0 unspecified atom stereocenters. The Morgan fingerprint density at radius 2 is 0.711 bits per heavy atom. The highest BCUT2D eigenvalue weighted by atomic mass is 31.2. The number of rotatable bonds is 28. The van der Waals surface area contributed by atoms with Crippen molar-refractivity contribution in [2.45, 2.75) is 262 Å². The minimum Gasteiger partial charge on any atom is -0.352 e. The van der Waals surface area contributed by atoms with Crippen LogP contribution in [-0.2, 0) is 50.9 Å². The average molecular weight is 1850 g/mol. The largest absolute Gasteiger partial charge is 0.352 e. The van der Waals surface area contributed by atoms with Crippen LogP contribution in [0.3, 0.4) is 0 Å². The van der Waals surface area contributed by atoms with Crippen LogP contribution < -0.4 is 64.4 Å². The van der Waals surface area contributed by atoms with E-state index in [1.54, 1.807) is 65.3 Å². The molecule has 0 spiro atoms. The standard InChI is InChI=1S/2C33H43N4O5PSi.C30H38N3O5PSi/c2*1-5-27-28(21-31(40-27)36-20-18-30(35-33(36)39)34-32(38)23(2)3)41-43-37-19-12-17-26(37)29(42-43)22-44(4,24-13-8-6-9-14-24)25-15-10-7-11-16-25;1-4-25-26(18-28(36-25)32-19-21(2)29(34)31-30(32)35)37-39-33-17-11-16-24(33)27(38-39)20-40(3,22-12-7-5-8-13-22)23-14-9-6-10-15-23/h2*6-11,13-16,18,20,23,26-29,31H,5,12,17,19,21-22H2,1-4H3,(H,34,35,38,39);5-10,12-15,19,24-28H,4,11,16-18,20H2,1-3H3,(H,31,34,35)/t26-,27+,28+,29+,31+,43+;26-,27-,28-,29+,31-,43-;24-,25-,26-,27+,28-,39-/m011/s1. The number of nitrogens with zero attached hydrogens (tertiary/aromatic N) is 8. The van der Waals surface area contributed by atoms with E-state index in [2.05, 4.69) is 262 Å². The Morgan fingerprint density at radius 3 is 0.977 bits per heavy atom. The molecule has 9 aliphatic heterocycles. The molecule has 9 saturated heterocycles. The third-order valence-corrected chi connectivity index (χ3v) is 46.2. The molecule has 26 nitrogen and oxygen atoms in total. The number of H-pyrrole nitrogens is 1. The zero-order chi connectivity index (χ0) is 89.5. The van der Waals surface area contributed by atoms with Gasteiger partial charge in [-0.1, -0.05) is 281 Å². The van der Waals surface area contributed by atoms with Crippen molar-refractivity contribution in [1.29, 1.82) is 0 Å². The Kier molecular flexibility index (Phi) is 30.3. The average Bonchev–Trinajstić information content (AvgIpc) is 1.75. The molecule has 9 aromatic rings. The quantitative estimate of drug-likeness (QED) is 0.0303. The topological polar surface area (TPSA) is 276 Å². The maximum atomic E-state index is 12.9. The molecule has 3 N–H and O–H groups in total. The Balaban J connectivity index is 0.000000141. The minimum atomic E-state index is -2.10. The molecule has 3 aromatic heterocycles. The van der Waals surface area contributed by atoms with Crippen molar-refractivity contribution in [2.24, 2.45) is 11.8 Å². The lowest BCUT2D eigenvalue weighted by Gasteiger charge is -2.32. The molecule has 32 heteroatoms. The Bertz CT molecular complexity index is 5130. The smallest absolute Gasteiger partial charge is 0.351 e. The van der Waals surface area contributed by atoms with Crippen molar-refractivity contribution >= 4 is 104 Å². The van der Waals surface area contributed by atoms with E-state index in [-0.39, 0.29) is 95.8 Å². The first-order chi connectivity index (χ1) is 61.9. The number of aryl methyl sites for hydroxylation is 1. The first-order valence-electron chi connectivity index (χ1n) is 46.0. The van der Waals surface area contributed by atoms with Crippen LogP contribution in [0.4, 0.5) is 11.6 Å². The van der Waals surface area contributed by atoms with Crippen LogP contribution in [0, 0.1) is 18.8 Å². The van der Waals surface area contributed by atoms with Crippen molar-refractivity contribution in [3.8, 4) is 0 Å². The predicted molar refractivity (Wildman–Crippen MR) is 511 cm³/mol. The second kappa shape index (κ2) is 41.5. The SMILES string of the molecule is CC[C@H]1O[C@@H](n2cc(C)c(=O)[nH]c2=O)C[C@H]1O[P@]1O[C@@H](C[Si](C)(c2ccccc2)c2ccccc2)[C@H]2CCCN21.CC[C@H]1O[C@@H](n2ccc(NC(=O)C(C)C)nc2=O)C[C@H]1O[P@]1O[C@@H](C[Si](C)(c2ccccc2)c2ccccc2)[C@H]2CCCN21.CC[C@H]1O[C@@H](n2ccc(NC(=O)C(C)C)nc2=O)C[C@H]1O[P@]1O[C@H](C[Si](C)(c2ccccc2)c2ccccc2)[C@@H]2CCCN21. The number of carbonyl (C=O) groups excluding carboxylic acids is 2. The lowest BCUT2D eigenvalue weighted by Crippen LogP contribution is -2.58. The number of amides is 2. The third kappa shape index (κ3) is 20.5. The van der Waals surface area contributed by atoms with Crippen molar-refractivity contribution in [3.05, 3.63) is 260 Å². The molecule has 9 aliphatic rings. The first kappa shape index (κ1) is 93.4. The molecular weight excluding hydrogens is 1720 g/mol. The van der Waals surface area contributed by atoms with Gasteiger partial charge in [-0.25, -0.2) is 28.4 Å². The highest BCUT2D eigenvalue weighted by Crippen LogP contribution is 2.62.